The highest BCUT2D eigenvalue weighted by Gasteiger charge is 2.51. The average Bonchev–Trinajstić information content (AvgIpc) is 3.82. The van der Waals surface area contributed by atoms with Gasteiger partial charge in [0.1, 0.15) is 0 Å². The SMILES string of the molecule is NC(/C(=C1\NC(c2ccccc2)=Cc2c1cccc2N(c1ccccc1)c1ccc2c(c1)C1(c3ccccc3-c3ccccc31)c1ccccc1-2)c1ccccc1)c1ccccc1. The molecule has 0 radical (unpaired) electrons. The molecular weight excluding hydrogens is 763 g/mol. The van der Waals surface area contributed by atoms with Gasteiger partial charge in [-0.25, -0.2) is 0 Å². The molecule has 3 heteroatoms. The molecule has 1 atom stereocenters. The van der Waals surface area contributed by atoms with Gasteiger partial charge in [0.15, 0.2) is 0 Å². The van der Waals surface area contributed by atoms with E-state index in [1.54, 1.807) is 0 Å². The summed E-state index contributed by atoms with van der Waals surface area (Å²) in [4.78, 5) is 2.45. The lowest BCUT2D eigenvalue weighted by Crippen LogP contribution is -2.26. The quantitative estimate of drug-likeness (QED) is 0.169. The summed E-state index contributed by atoms with van der Waals surface area (Å²) in [5.41, 5.74) is 29.1. The molecule has 1 unspecified atom stereocenters. The van der Waals surface area contributed by atoms with E-state index in [4.69, 9.17) is 5.73 Å². The van der Waals surface area contributed by atoms with Crippen LogP contribution in [0.15, 0.2) is 231 Å². The van der Waals surface area contributed by atoms with Crippen molar-refractivity contribution in [2.45, 2.75) is 11.5 Å². The molecule has 0 aromatic heterocycles. The Morgan fingerprint density at radius 2 is 0.952 bits per heavy atom. The Morgan fingerprint density at radius 1 is 0.444 bits per heavy atom. The molecule has 1 heterocycles. The fourth-order valence-electron chi connectivity index (χ4n) is 10.6. The fraction of sp³-hybridized carbons (Fsp3) is 0.0333. The first-order chi connectivity index (χ1) is 31.2. The van der Waals surface area contributed by atoms with E-state index in [1.807, 2.05) is 6.07 Å². The van der Waals surface area contributed by atoms with E-state index >= 15 is 0 Å². The van der Waals surface area contributed by atoms with Crippen LogP contribution in [0.2, 0.25) is 0 Å². The normalized spacial score (nSPS) is 14.9. The van der Waals surface area contributed by atoms with Crippen LogP contribution in [0, 0.1) is 0 Å². The molecule has 9 aromatic rings. The average molecular weight is 806 g/mol. The van der Waals surface area contributed by atoms with Crippen molar-refractivity contribution in [3.63, 3.8) is 0 Å². The summed E-state index contributed by atoms with van der Waals surface area (Å²) >= 11 is 0. The minimum absolute atomic E-state index is 0.403. The first-order valence-electron chi connectivity index (χ1n) is 21.8. The smallest absolute Gasteiger partial charge is 0.0726 e. The molecule has 3 N–H and O–H groups in total. The molecule has 1 aliphatic heterocycles. The second-order valence-corrected chi connectivity index (χ2v) is 16.6. The topological polar surface area (TPSA) is 41.3 Å². The number of anilines is 3. The maximum atomic E-state index is 7.41. The molecule has 3 nitrogen and oxygen atoms in total. The van der Waals surface area contributed by atoms with Crippen molar-refractivity contribution >= 4 is 40.1 Å². The van der Waals surface area contributed by atoms with E-state index in [2.05, 4.69) is 241 Å². The minimum Gasteiger partial charge on any atom is -0.354 e. The van der Waals surface area contributed by atoms with Gasteiger partial charge in [0.05, 0.1) is 22.8 Å². The summed E-state index contributed by atoms with van der Waals surface area (Å²) in [6.07, 6.45) is 2.32. The molecule has 2 aliphatic carbocycles. The van der Waals surface area contributed by atoms with Crippen LogP contribution in [-0.2, 0) is 5.41 Å². The van der Waals surface area contributed by atoms with Crippen molar-refractivity contribution < 1.29 is 0 Å². The number of nitrogens with one attached hydrogen (secondary N) is 1. The number of nitrogens with zero attached hydrogens (tertiary/aromatic N) is 1. The number of hydrogen-bond donors (Lipinski definition) is 2. The number of nitrogens with two attached hydrogens (primary N) is 1. The standard InChI is InChI=1S/C60H43N3/c61-58(42-24-9-3-10-25-42)57(41-22-7-2-8-23-41)59-49-31-19-35-56(50(49)39-55(62-59)40-20-5-1-6-21-40)63(43-26-11-4-12-27-43)44-36-37-48-47-30-15-18-34-53(47)60(54(48)38-44)51-32-16-13-28-45(51)46-29-14-17-33-52(46)60/h1-39,58,62H,61H2/b59-57-. The first-order valence-corrected chi connectivity index (χ1v) is 21.8. The summed E-state index contributed by atoms with van der Waals surface area (Å²) in [7, 11) is 0. The molecule has 0 saturated heterocycles. The second-order valence-electron chi connectivity index (χ2n) is 16.6. The van der Waals surface area contributed by atoms with Crippen LogP contribution in [0.4, 0.5) is 17.1 Å². The van der Waals surface area contributed by atoms with Crippen molar-refractivity contribution in [1.82, 2.24) is 5.32 Å². The monoisotopic (exact) mass is 805 g/mol. The van der Waals surface area contributed by atoms with Crippen LogP contribution >= 0.6 is 0 Å². The Hall–Kier alpha value is -7.98. The zero-order chi connectivity index (χ0) is 41.9. The van der Waals surface area contributed by atoms with Gasteiger partial charge in [0.2, 0.25) is 0 Å². The van der Waals surface area contributed by atoms with Gasteiger partial charge in [0.25, 0.3) is 0 Å². The summed E-state index contributed by atoms with van der Waals surface area (Å²) in [5.74, 6) is 0. The van der Waals surface area contributed by atoms with Crippen LogP contribution in [0.3, 0.4) is 0 Å². The van der Waals surface area contributed by atoms with Crippen molar-refractivity contribution in [1.29, 1.82) is 0 Å². The Labute approximate surface area is 368 Å². The van der Waals surface area contributed by atoms with Gasteiger partial charge in [-0.05, 0) is 97.6 Å². The summed E-state index contributed by atoms with van der Waals surface area (Å²) in [5, 5.41) is 3.96. The predicted octanol–water partition coefficient (Wildman–Crippen LogP) is 14.2. The molecule has 0 fully saturated rings. The second kappa shape index (κ2) is 14.9. The molecule has 0 amide bonds. The van der Waals surface area contributed by atoms with Gasteiger partial charge >= 0.3 is 0 Å². The number of fused-ring (bicyclic) bond motifs is 11. The highest BCUT2D eigenvalue weighted by atomic mass is 15.1. The van der Waals surface area contributed by atoms with Crippen molar-refractivity contribution in [2.75, 3.05) is 4.90 Å². The van der Waals surface area contributed by atoms with Crippen molar-refractivity contribution in [2.24, 2.45) is 5.73 Å². The van der Waals surface area contributed by atoms with Gasteiger partial charge < -0.3 is 16.0 Å². The van der Waals surface area contributed by atoms with E-state index in [1.165, 1.54) is 44.5 Å². The van der Waals surface area contributed by atoms with Crippen LogP contribution in [0.25, 0.3) is 45.3 Å². The lowest BCUT2D eigenvalue weighted by molar-refractivity contribution is 0.793. The Bertz CT molecular complexity index is 3200. The zero-order valence-electron chi connectivity index (χ0n) is 34.6. The molecule has 0 bridgehead atoms. The minimum atomic E-state index is -0.466. The lowest BCUT2D eigenvalue weighted by atomic mass is 9.70. The molecule has 3 aliphatic rings. The Kier molecular flexibility index (Phi) is 8.70. The highest BCUT2D eigenvalue weighted by Crippen LogP contribution is 2.63. The summed E-state index contributed by atoms with van der Waals surface area (Å²) < 4.78 is 0. The largest absolute Gasteiger partial charge is 0.354 e. The van der Waals surface area contributed by atoms with E-state index in [0.717, 1.165) is 61.8 Å². The number of benzene rings is 9. The first kappa shape index (κ1) is 36.8. The van der Waals surface area contributed by atoms with Crippen LogP contribution in [-0.4, -0.2) is 0 Å². The third-order valence-corrected chi connectivity index (χ3v) is 13.3. The van der Waals surface area contributed by atoms with Gasteiger partial charge in [-0.2, -0.15) is 0 Å². The molecule has 0 saturated carbocycles. The third kappa shape index (κ3) is 5.71. The van der Waals surface area contributed by atoms with Crippen LogP contribution < -0.4 is 16.0 Å². The Balaban J connectivity index is 1.13. The Morgan fingerprint density at radius 3 is 1.57 bits per heavy atom. The molecule has 1 spiro atoms. The number of rotatable bonds is 7. The molecule has 12 rings (SSSR count). The van der Waals surface area contributed by atoms with Gasteiger partial charge in [-0.1, -0.05) is 200 Å². The van der Waals surface area contributed by atoms with Crippen LogP contribution in [0.1, 0.15) is 56.1 Å². The predicted molar refractivity (Wildman–Crippen MR) is 261 cm³/mol. The van der Waals surface area contributed by atoms with Crippen LogP contribution in [0.5, 0.6) is 0 Å². The lowest BCUT2D eigenvalue weighted by Gasteiger charge is -2.34. The fourth-order valence-corrected chi connectivity index (χ4v) is 10.6. The molecule has 63 heavy (non-hydrogen) atoms. The third-order valence-electron chi connectivity index (χ3n) is 13.3. The number of para-hydroxylation sites is 1. The zero-order valence-corrected chi connectivity index (χ0v) is 34.6. The van der Waals surface area contributed by atoms with Gasteiger partial charge in [-0.3, -0.25) is 0 Å². The maximum Gasteiger partial charge on any atom is 0.0726 e. The van der Waals surface area contributed by atoms with E-state index in [0.29, 0.717) is 0 Å². The molecular formula is C60H43N3. The van der Waals surface area contributed by atoms with Gasteiger partial charge in [0, 0.05) is 33.8 Å². The highest BCUT2D eigenvalue weighted by molar-refractivity contribution is 6.06. The summed E-state index contributed by atoms with van der Waals surface area (Å²) in [6, 6.07) is 83.0. The maximum absolute atomic E-state index is 7.41. The van der Waals surface area contributed by atoms with E-state index in [9.17, 15) is 0 Å². The van der Waals surface area contributed by atoms with E-state index in [-0.39, 0.29) is 0 Å². The summed E-state index contributed by atoms with van der Waals surface area (Å²) in [6.45, 7) is 0. The van der Waals surface area contributed by atoms with E-state index < -0.39 is 11.5 Å². The van der Waals surface area contributed by atoms with Crippen molar-refractivity contribution in [3.8, 4) is 22.3 Å². The van der Waals surface area contributed by atoms with Gasteiger partial charge in [-0.15, -0.1) is 0 Å². The van der Waals surface area contributed by atoms with Crippen molar-refractivity contribution in [3.05, 3.63) is 281 Å². The molecule has 9 aromatic carbocycles. The molecule has 298 valence electrons. The number of hydrogen-bond acceptors (Lipinski definition) is 3.